The van der Waals surface area contributed by atoms with Crippen molar-refractivity contribution in [2.45, 2.75) is 0 Å². The monoisotopic (exact) mass is 729 g/mol. The molecule has 0 aliphatic carbocycles. The fourth-order valence-electron chi connectivity index (χ4n) is 9.48. The van der Waals surface area contributed by atoms with Crippen molar-refractivity contribution in [2.75, 3.05) is 0 Å². The Morgan fingerprint density at radius 3 is 1.37 bits per heavy atom. The molecule has 0 saturated carbocycles. The first-order chi connectivity index (χ1) is 28.3. The molecular formula is C51H31N5O. The van der Waals surface area contributed by atoms with Gasteiger partial charge in [0, 0.05) is 43.7 Å². The molecule has 13 rings (SSSR count). The van der Waals surface area contributed by atoms with Gasteiger partial charge in [0.1, 0.15) is 22.7 Å². The highest BCUT2D eigenvalue weighted by Crippen LogP contribution is 2.43. The molecule has 6 heteroatoms. The molecule has 0 N–H and O–H groups in total. The fraction of sp³-hybridized carbons (Fsp3) is 0. The Labute approximate surface area is 325 Å². The molecule has 0 spiro atoms. The lowest BCUT2D eigenvalue weighted by Crippen LogP contribution is -2.03. The van der Waals surface area contributed by atoms with E-state index in [2.05, 4.69) is 200 Å². The van der Waals surface area contributed by atoms with Gasteiger partial charge in [0.2, 0.25) is 0 Å². The molecule has 0 unspecified atom stereocenters. The van der Waals surface area contributed by atoms with Crippen molar-refractivity contribution in [1.82, 2.24) is 23.3 Å². The van der Waals surface area contributed by atoms with E-state index < -0.39 is 0 Å². The maximum Gasteiger partial charge on any atom is 0.161 e. The van der Waals surface area contributed by atoms with Crippen LogP contribution in [0.1, 0.15) is 0 Å². The Kier molecular flexibility index (Phi) is 6.07. The molecule has 6 aromatic heterocycles. The highest BCUT2D eigenvalue weighted by atomic mass is 16.3. The molecule has 0 amide bonds. The van der Waals surface area contributed by atoms with Gasteiger partial charge in [-0.3, -0.25) is 9.13 Å². The van der Waals surface area contributed by atoms with Crippen LogP contribution in [-0.4, -0.2) is 23.3 Å². The fourth-order valence-corrected chi connectivity index (χ4v) is 9.48. The van der Waals surface area contributed by atoms with E-state index in [1.165, 1.54) is 10.8 Å². The number of benzene rings is 7. The van der Waals surface area contributed by atoms with Crippen molar-refractivity contribution >= 4 is 87.6 Å². The minimum Gasteiger partial charge on any atom is -0.454 e. The molecule has 0 aliphatic rings. The number of rotatable bonds is 4. The lowest BCUT2D eigenvalue weighted by molar-refractivity contribution is 0.673. The summed E-state index contributed by atoms with van der Waals surface area (Å²) < 4.78 is 15.9. The minimum absolute atomic E-state index is 0.866. The summed E-state index contributed by atoms with van der Waals surface area (Å²) in [4.78, 5) is 5.48. The van der Waals surface area contributed by atoms with Gasteiger partial charge < -0.3 is 13.6 Å². The zero-order valence-corrected chi connectivity index (χ0v) is 30.5. The largest absolute Gasteiger partial charge is 0.454 e. The number of aromatic nitrogens is 5. The average Bonchev–Trinajstić information content (AvgIpc) is 4.06. The molecule has 7 aromatic carbocycles. The summed E-state index contributed by atoms with van der Waals surface area (Å²) in [7, 11) is 0. The topological polar surface area (TPSA) is 45.8 Å². The molecule has 0 bridgehead atoms. The molecule has 6 nitrogen and oxygen atoms in total. The van der Waals surface area contributed by atoms with Gasteiger partial charge >= 0.3 is 0 Å². The summed E-state index contributed by atoms with van der Waals surface area (Å²) in [6.07, 6.45) is 0. The second-order valence-electron chi connectivity index (χ2n) is 14.8. The number of furan rings is 1. The molecule has 0 radical (unpaired) electrons. The maximum absolute atomic E-state index is 6.52. The quantitative estimate of drug-likeness (QED) is 0.181. The minimum atomic E-state index is 0.866. The third-order valence-corrected chi connectivity index (χ3v) is 11.8. The normalized spacial score (nSPS) is 12.2. The van der Waals surface area contributed by atoms with Crippen LogP contribution in [0.2, 0.25) is 0 Å². The van der Waals surface area contributed by atoms with Gasteiger partial charge in [-0.25, -0.2) is 4.98 Å². The number of para-hydroxylation sites is 6. The lowest BCUT2D eigenvalue weighted by Gasteiger charge is -2.12. The summed E-state index contributed by atoms with van der Waals surface area (Å²) in [5.74, 6) is 1.74. The average molecular weight is 730 g/mol. The van der Waals surface area contributed by atoms with Crippen LogP contribution in [0.5, 0.6) is 0 Å². The van der Waals surface area contributed by atoms with Crippen molar-refractivity contribution in [3.05, 3.63) is 188 Å². The van der Waals surface area contributed by atoms with Crippen molar-refractivity contribution in [2.24, 2.45) is 0 Å². The van der Waals surface area contributed by atoms with E-state index in [1.54, 1.807) is 0 Å². The van der Waals surface area contributed by atoms with E-state index in [4.69, 9.17) is 9.40 Å². The van der Waals surface area contributed by atoms with E-state index in [-0.39, 0.29) is 0 Å². The molecule has 0 atom stereocenters. The first kappa shape index (κ1) is 30.5. The van der Waals surface area contributed by atoms with Crippen LogP contribution in [0, 0.1) is 0 Å². The van der Waals surface area contributed by atoms with Crippen LogP contribution in [0.4, 0.5) is 0 Å². The van der Waals surface area contributed by atoms with Gasteiger partial charge in [-0.15, -0.1) is 0 Å². The Balaban J connectivity index is 1.08. The highest BCUT2D eigenvalue weighted by molar-refractivity contribution is 6.20. The van der Waals surface area contributed by atoms with Crippen molar-refractivity contribution in [3.63, 3.8) is 0 Å². The molecule has 13 aromatic rings. The summed E-state index contributed by atoms with van der Waals surface area (Å²) in [5, 5.41) is 6.95. The van der Waals surface area contributed by atoms with Gasteiger partial charge in [0.05, 0.1) is 38.6 Å². The van der Waals surface area contributed by atoms with E-state index in [0.717, 1.165) is 99.9 Å². The zero-order chi connectivity index (χ0) is 37.2. The van der Waals surface area contributed by atoms with Crippen LogP contribution >= 0.6 is 0 Å². The van der Waals surface area contributed by atoms with Crippen LogP contribution in [0.25, 0.3) is 111 Å². The number of nitrogens with zero attached hydrogens (tertiary/aromatic N) is 5. The van der Waals surface area contributed by atoms with Gasteiger partial charge in [-0.2, -0.15) is 0 Å². The number of pyridine rings is 1. The Morgan fingerprint density at radius 2 is 0.737 bits per heavy atom. The van der Waals surface area contributed by atoms with Gasteiger partial charge in [-0.05, 0) is 78.9 Å². The van der Waals surface area contributed by atoms with Crippen molar-refractivity contribution in [1.29, 1.82) is 0 Å². The first-order valence-electron chi connectivity index (χ1n) is 19.3. The molecule has 266 valence electrons. The maximum atomic E-state index is 6.52. The van der Waals surface area contributed by atoms with Crippen LogP contribution in [0.15, 0.2) is 192 Å². The Bertz CT molecular complexity index is 3710. The zero-order valence-electron chi connectivity index (χ0n) is 30.5. The smallest absolute Gasteiger partial charge is 0.161 e. The standard InChI is InChI=1S/C51H31N5O/c1-7-23-40-34(17-1)35-18-2-8-24-41(35)55(40)46-29-14-30-47(52-46)56-43-26-10-4-20-37(43)48-49(56)36-19-3-9-25-42(36)53(48)32-15-13-16-33(31-32)54-44-27-11-5-21-38(44)51-50(54)39-22-6-12-28-45(39)57-51/h1-31H. The summed E-state index contributed by atoms with van der Waals surface area (Å²) in [6, 6.07) is 66.8. The van der Waals surface area contributed by atoms with Crippen LogP contribution < -0.4 is 0 Å². The highest BCUT2D eigenvalue weighted by Gasteiger charge is 2.24. The van der Waals surface area contributed by atoms with E-state index in [0.29, 0.717) is 0 Å². The molecule has 6 heterocycles. The van der Waals surface area contributed by atoms with Gasteiger partial charge in [0.15, 0.2) is 5.58 Å². The first-order valence-corrected chi connectivity index (χ1v) is 19.3. The summed E-state index contributed by atoms with van der Waals surface area (Å²) in [6.45, 7) is 0. The number of fused-ring (bicyclic) bond motifs is 13. The molecule has 57 heavy (non-hydrogen) atoms. The Morgan fingerprint density at radius 1 is 0.316 bits per heavy atom. The lowest BCUT2D eigenvalue weighted by atomic mass is 10.2. The van der Waals surface area contributed by atoms with E-state index >= 15 is 0 Å². The second kappa shape index (κ2) is 11.4. The number of hydrogen-bond donors (Lipinski definition) is 0. The van der Waals surface area contributed by atoms with Crippen molar-refractivity contribution in [3.8, 4) is 23.0 Å². The molecule has 0 fully saturated rings. The third kappa shape index (κ3) is 4.10. The van der Waals surface area contributed by atoms with Gasteiger partial charge in [-0.1, -0.05) is 109 Å². The van der Waals surface area contributed by atoms with Crippen molar-refractivity contribution < 1.29 is 4.42 Å². The number of hydrogen-bond acceptors (Lipinski definition) is 2. The third-order valence-electron chi connectivity index (χ3n) is 11.8. The molecule has 0 saturated heterocycles. The van der Waals surface area contributed by atoms with Gasteiger partial charge in [0.25, 0.3) is 0 Å². The predicted octanol–water partition coefficient (Wildman–Crippen LogP) is 13.1. The summed E-state index contributed by atoms with van der Waals surface area (Å²) in [5.41, 5.74) is 12.9. The molecule has 0 aliphatic heterocycles. The van der Waals surface area contributed by atoms with E-state index in [1.807, 2.05) is 6.07 Å². The Hall–Kier alpha value is -7.83. The predicted molar refractivity (Wildman–Crippen MR) is 234 cm³/mol. The molecular weight excluding hydrogens is 699 g/mol. The SMILES string of the molecule is c1cc(-n2c3ccccc3c3oc4ccccc4c32)cc(-n2c3ccccc3c3c2c2ccccc2n3-c2cccc(-n3c4ccccc4c4ccccc43)n2)c1. The second-order valence-corrected chi connectivity index (χ2v) is 14.8. The van der Waals surface area contributed by atoms with Crippen LogP contribution in [0.3, 0.4) is 0 Å². The van der Waals surface area contributed by atoms with E-state index in [9.17, 15) is 0 Å². The van der Waals surface area contributed by atoms with Crippen LogP contribution in [-0.2, 0) is 0 Å². The summed E-state index contributed by atoms with van der Waals surface area (Å²) >= 11 is 0.